The van der Waals surface area contributed by atoms with Gasteiger partial charge in [0, 0.05) is 30.6 Å². The van der Waals surface area contributed by atoms with Crippen LogP contribution in [0.5, 0.6) is 0 Å². The van der Waals surface area contributed by atoms with Gasteiger partial charge in [-0.1, -0.05) is 23.4 Å². The van der Waals surface area contributed by atoms with Crippen LogP contribution in [0.4, 0.5) is 5.69 Å². The van der Waals surface area contributed by atoms with Gasteiger partial charge < -0.3 is 9.42 Å². The number of amides is 1. The molecule has 1 saturated heterocycles. The van der Waals surface area contributed by atoms with E-state index in [0.717, 1.165) is 24.2 Å². The fourth-order valence-electron chi connectivity index (χ4n) is 3.25. The Morgan fingerprint density at radius 3 is 2.66 bits per heavy atom. The molecule has 2 aromatic heterocycles. The molecule has 10 heteroatoms. The van der Waals surface area contributed by atoms with Crippen LogP contribution in [-0.2, 0) is 10.0 Å². The predicted molar refractivity (Wildman–Crippen MR) is 109 cm³/mol. The van der Waals surface area contributed by atoms with Gasteiger partial charge in [-0.2, -0.15) is 4.98 Å². The van der Waals surface area contributed by atoms with E-state index in [0.29, 0.717) is 30.9 Å². The fourth-order valence-corrected chi connectivity index (χ4v) is 5.99. The van der Waals surface area contributed by atoms with E-state index in [1.165, 1.54) is 10.4 Å². The maximum absolute atomic E-state index is 13.1. The van der Waals surface area contributed by atoms with Gasteiger partial charge in [0.25, 0.3) is 10.0 Å². The van der Waals surface area contributed by atoms with E-state index in [2.05, 4.69) is 10.1 Å². The van der Waals surface area contributed by atoms with E-state index < -0.39 is 10.0 Å². The van der Waals surface area contributed by atoms with Crippen molar-refractivity contribution in [2.45, 2.75) is 24.0 Å². The summed E-state index contributed by atoms with van der Waals surface area (Å²) < 4.78 is 32.9. The first-order valence-electron chi connectivity index (χ1n) is 9.30. The molecule has 0 atom stereocenters. The number of para-hydroxylation sites is 1. The van der Waals surface area contributed by atoms with Gasteiger partial charge in [0.15, 0.2) is 0 Å². The monoisotopic (exact) mass is 432 g/mol. The summed E-state index contributed by atoms with van der Waals surface area (Å²) in [5.41, 5.74) is 1.10. The highest BCUT2D eigenvalue weighted by molar-refractivity contribution is 7.94. The maximum Gasteiger partial charge on any atom is 0.316 e. The number of hydrogen-bond donors (Lipinski definition) is 0. The Morgan fingerprint density at radius 2 is 1.97 bits per heavy atom. The molecule has 3 aromatic rings. The maximum atomic E-state index is 13.1. The number of nitrogens with zero attached hydrogens (tertiary/aromatic N) is 4. The van der Waals surface area contributed by atoms with Crippen LogP contribution in [0.2, 0.25) is 0 Å². The van der Waals surface area contributed by atoms with Crippen LogP contribution in [0.25, 0.3) is 11.4 Å². The van der Waals surface area contributed by atoms with Gasteiger partial charge in [-0.3, -0.25) is 9.10 Å². The molecule has 152 valence electrons. The number of aromatic nitrogens is 2. The number of rotatable bonds is 6. The van der Waals surface area contributed by atoms with E-state index in [4.69, 9.17) is 4.52 Å². The number of carbonyl (C=O) groups excluding carboxylic acids is 1. The van der Waals surface area contributed by atoms with Gasteiger partial charge >= 0.3 is 11.8 Å². The van der Waals surface area contributed by atoms with E-state index in [1.807, 2.05) is 6.07 Å². The van der Waals surface area contributed by atoms with Crippen molar-refractivity contribution in [1.82, 2.24) is 15.0 Å². The molecule has 0 saturated carbocycles. The van der Waals surface area contributed by atoms with Crippen molar-refractivity contribution in [3.63, 3.8) is 0 Å². The minimum absolute atomic E-state index is 0.0722. The van der Waals surface area contributed by atoms with E-state index in [1.54, 1.807) is 41.5 Å². The van der Waals surface area contributed by atoms with Gasteiger partial charge in [-0.25, -0.2) is 8.42 Å². The van der Waals surface area contributed by atoms with Crippen molar-refractivity contribution in [1.29, 1.82) is 0 Å². The summed E-state index contributed by atoms with van der Waals surface area (Å²) in [6, 6.07) is 10.5. The van der Waals surface area contributed by atoms with Gasteiger partial charge in [0.1, 0.15) is 4.21 Å². The van der Waals surface area contributed by atoms with Gasteiger partial charge in [0.05, 0.1) is 5.69 Å². The molecule has 1 aliphatic rings. The lowest BCUT2D eigenvalue weighted by molar-refractivity contribution is 0.0743. The Kier molecular flexibility index (Phi) is 5.37. The van der Waals surface area contributed by atoms with Crippen molar-refractivity contribution >= 4 is 33.0 Å². The highest BCUT2D eigenvalue weighted by Crippen LogP contribution is 2.31. The molecular formula is C19H20N4O4S2. The topological polar surface area (TPSA) is 96.6 Å². The molecule has 0 radical (unpaired) electrons. The van der Waals surface area contributed by atoms with E-state index in [-0.39, 0.29) is 21.8 Å². The Bertz CT molecular complexity index is 1100. The molecule has 8 nitrogen and oxygen atoms in total. The molecule has 1 amide bonds. The summed E-state index contributed by atoms with van der Waals surface area (Å²) in [4.78, 5) is 18.2. The zero-order valence-electron chi connectivity index (χ0n) is 15.8. The second-order valence-electron chi connectivity index (χ2n) is 6.58. The standard InChI is InChI=1S/C19H20N4O4S2/c1-2-23(15-8-4-3-5-9-15)29(25,26)16-12-14(13-28-16)17-20-18(27-21-17)19(24)22-10-6-7-11-22/h3-5,8-9,12-13H,2,6-7,10-11H2,1H3. The molecule has 0 bridgehead atoms. The van der Waals surface area contributed by atoms with E-state index in [9.17, 15) is 13.2 Å². The van der Waals surface area contributed by atoms with Gasteiger partial charge in [-0.15, -0.1) is 11.3 Å². The minimum atomic E-state index is -3.72. The molecule has 0 unspecified atom stereocenters. The Morgan fingerprint density at radius 1 is 1.24 bits per heavy atom. The first-order valence-corrected chi connectivity index (χ1v) is 11.6. The average molecular weight is 433 g/mol. The zero-order valence-corrected chi connectivity index (χ0v) is 17.4. The highest BCUT2D eigenvalue weighted by atomic mass is 32.2. The molecule has 29 heavy (non-hydrogen) atoms. The number of benzene rings is 1. The third kappa shape index (κ3) is 3.77. The number of likely N-dealkylation sites (tertiary alicyclic amines) is 1. The summed E-state index contributed by atoms with van der Waals surface area (Å²) in [5.74, 6) is -0.157. The quantitative estimate of drug-likeness (QED) is 0.593. The molecular weight excluding hydrogens is 412 g/mol. The first-order chi connectivity index (χ1) is 14.0. The molecule has 1 fully saturated rings. The summed E-state index contributed by atoms with van der Waals surface area (Å²) in [6.07, 6.45) is 1.93. The molecule has 0 spiro atoms. The Balaban J connectivity index is 1.59. The SMILES string of the molecule is CCN(c1ccccc1)S(=O)(=O)c1cc(-c2noc(C(=O)N3CCCC3)n2)cs1. The van der Waals surface area contributed by atoms with Gasteiger partial charge in [0.2, 0.25) is 5.82 Å². The predicted octanol–water partition coefficient (Wildman–Crippen LogP) is 3.25. The number of anilines is 1. The molecule has 0 N–H and O–H groups in total. The third-order valence-corrected chi connectivity index (χ3v) is 8.03. The fraction of sp³-hybridized carbons (Fsp3) is 0.316. The Labute approximate surface area is 172 Å². The van der Waals surface area contributed by atoms with Crippen LogP contribution >= 0.6 is 11.3 Å². The zero-order chi connectivity index (χ0) is 20.4. The van der Waals surface area contributed by atoms with Crippen molar-refractivity contribution in [2.75, 3.05) is 23.9 Å². The number of sulfonamides is 1. The van der Waals surface area contributed by atoms with Crippen LogP contribution in [-0.4, -0.2) is 49.0 Å². The first kappa shape index (κ1) is 19.6. The van der Waals surface area contributed by atoms with Crippen molar-refractivity contribution in [3.8, 4) is 11.4 Å². The molecule has 4 rings (SSSR count). The third-order valence-electron chi connectivity index (χ3n) is 4.71. The smallest absolute Gasteiger partial charge is 0.316 e. The van der Waals surface area contributed by atoms with Crippen molar-refractivity contribution < 1.29 is 17.7 Å². The normalized spacial score (nSPS) is 14.3. The van der Waals surface area contributed by atoms with Crippen LogP contribution in [0.1, 0.15) is 30.5 Å². The number of carbonyl (C=O) groups is 1. The lowest BCUT2D eigenvalue weighted by Gasteiger charge is -2.21. The molecule has 1 aromatic carbocycles. The average Bonchev–Trinajstić information content (AvgIpc) is 3.50. The van der Waals surface area contributed by atoms with Crippen LogP contribution in [0.3, 0.4) is 0 Å². The van der Waals surface area contributed by atoms with Crippen LogP contribution < -0.4 is 4.31 Å². The summed E-state index contributed by atoms with van der Waals surface area (Å²) in [5, 5.41) is 5.52. The highest BCUT2D eigenvalue weighted by Gasteiger charge is 2.28. The summed E-state index contributed by atoms with van der Waals surface area (Å²) >= 11 is 1.09. The molecule has 3 heterocycles. The largest absolute Gasteiger partial charge is 0.334 e. The molecule has 1 aliphatic heterocycles. The minimum Gasteiger partial charge on any atom is -0.334 e. The summed E-state index contributed by atoms with van der Waals surface area (Å²) in [7, 11) is -3.72. The lowest BCUT2D eigenvalue weighted by Crippen LogP contribution is -2.30. The molecule has 0 aliphatic carbocycles. The van der Waals surface area contributed by atoms with Crippen LogP contribution in [0.15, 0.2) is 50.5 Å². The number of hydrogen-bond acceptors (Lipinski definition) is 7. The van der Waals surface area contributed by atoms with E-state index >= 15 is 0 Å². The lowest BCUT2D eigenvalue weighted by atomic mass is 10.3. The van der Waals surface area contributed by atoms with Crippen molar-refractivity contribution in [3.05, 3.63) is 47.7 Å². The number of thiophene rings is 1. The Hall–Kier alpha value is -2.72. The second-order valence-corrected chi connectivity index (χ2v) is 9.58. The summed E-state index contributed by atoms with van der Waals surface area (Å²) in [6.45, 7) is 3.46. The second kappa shape index (κ2) is 7.96. The van der Waals surface area contributed by atoms with Crippen LogP contribution in [0, 0.1) is 0 Å². The van der Waals surface area contributed by atoms with Crippen molar-refractivity contribution in [2.24, 2.45) is 0 Å². The van der Waals surface area contributed by atoms with Gasteiger partial charge in [-0.05, 0) is 38.0 Å².